The van der Waals surface area contributed by atoms with Crippen LogP contribution in [0.3, 0.4) is 0 Å². The van der Waals surface area contributed by atoms with Gasteiger partial charge in [0.1, 0.15) is 6.10 Å². The van der Waals surface area contributed by atoms with Crippen molar-refractivity contribution in [2.24, 2.45) is 17.8 Å². The van der Waals surface area contributed by atoms with Crippen molar-refractivity contribution in [2.45, 2.75) is 57.5 Å². The van der Waals surface area contributed by atoms with Gasteiger partial charge in [0, 0.05) is 6.42 Å². The first-order valence-electron chi connectivity index (χ1n) is 7.36. The van der Waals surface area contributed by atoms with E-state index in [-0.39, 0.29) is 35.8 Å². The molecule has 3 rings (SSSR count). The Morgan fingerprint density at radius 2 is 2.05 bits per heavy atom. The van der Waals surface area contributed by atoms with E-state index in [0.29, 0.717) is 12.3 Å². The van der Waals surface area contributed by atoms with Crippen LogP contribution in [0.1, 0.15) is 39.5 Å². The van der Waals surface area contributed by atoms with E-state index in [1.54, 1.807) is 0 Å². The summed E-state index contributed by atoms with van der Waals surface area (Å²) in [5, 5.41) is 0. The van der Waals surface area contributed by atoms with E-state index in [0.717, 1.165) is 19.3 Å². The maximum absolute atomic E-state index is 12.0. The number of esters is 1. The number of fused-ring (bicyclic) bond motifs is 1. The molecule has 0 aromatic rings. The summed E-state index contributed by atoms with van der Waals surface area (Å²) < 4.78 is 16.3. The molecule has 0 bridgehead atoms. The highest BCUT2D eigenvalue weighted by Crippen LogP contribution is 2.46. The van der Waals surface area contributed by atoms with Gasteiger partial charge in [-0.1, -0.05) is 0 Å². The van der Waals surface area contributed by atoms with Crippen LogP contribution >= 0.6 is 0 Å². The standard InChI is InChI=1S/C15H22O5/c1-15(2)19-12-9(7-11(16)13(12)20-15)4-8-5-10(6-8)14(17)18-3/h8-10,12-13H,4-7H2,1-3H3/t8?,9-,10?,12+,13-/m0/s1. The molecule has 0 spiro atoms. The molecule has 20 heavy (non-hydrogen) atoms. The molecule has 2 aliphatic carbocycles. The van der Waals surface area contributed by atoms with Crippen LogP contribution < -0.4 is 0 Å². The van der Waals surface area contributed by atoms with Gasteiger partial charge in [-0.05, 0) is 44.9 Å². The number of hydrogen-bond acceptors (Lipinski definition) is 5. The summed E-state index contributed by atoms with van der Waals surface area (Å²) >= 11 is 0. The summed E-state index contributed by atoms with van der Waals surface area (Å²) in [6.45, 7) is 3.71. The van der Waals surface area contributed by atoms with Crippen molar-refractivity contribution in [2.75, 3.05) is 7.11 Å². The predicted molar refractivity (Wildman–Crippen MR) is 69.8 cm³/mol. The molecule has 0 amide bonds. The van der Waals surface area contributed by atoms with Crippen molar-refractivity contribution in [3.63, 3.8) is 0 Å². The second-order valence-corrected chi connectivity index (χ2v) is 6.74. The van der Waals surface area contributed by atoms with Crippen molar-refractivity contribution in [3.8, 4) is 0 Å². The van der Waals surface area contributed by atoms with Crippen molar-refractivity contribution in [3.05, 3.63) is 0 Å². The summed E-state index contributed by atoms with van der Waals surface area (Å²) in [7, 11) is 1.43. The molecule has 0 N–H and O–H groups in total. The number of carbonyl (C=O) groups is 2. The van der Waals surface area contributed by atoms with E-state index in [2.05, 4.69) is 0 Å². The molecule has 3 fully saturated rings. The third-order valence-electron chi connectivity index (χ3n) is 4.78. The Kier molecular flexibility index (Phi) is 3.37. The van der Waals surface area contributed by atoms with E-state index in [4.69, 9.17) is 14.2 Å². The van der Waals surface area contributed by atoms with Gasteiger partial charge in [-0.25, -0.2) is 0 Å². The minimum atomic E-state index is -0.655. The van der Waals surface area contributed by atoms with Crippen molar-refractivity contribution >= 4 is 11.8 Å². The Morgan fingerprint density at radius 1 is 1.35 bits per heavy atom. The largest absolute Gasteiger partial charge is 0.469 e. The van der Waals surface area contributed by atoms with E-state index >= 15 is 0 Å². The smallest absolute Gasteiger partial charge is 0.308 e. The average Bonchev–Trinajstić information content (AvgIpc) is 2.78. The van der Waals surface area contributed by atoms with E-state index in [1.807, 2.05) is 13.8 Å². The van der Waals surface area contributed by atoms with Crippen LogP contribution in [-0.4, -0.2) is 36.9 Å². The lowest BCUT2D eigenvalue weighted by Crippen LogP contribution is -2.34. The molecule has 112 valence electrons. The maximum atomic E-state index is 12.0. The second kappa shape index (κ2) is 4.81. The number of rotatable bonds is 3. The average molecular weight is 282 g/mol. The fourth-order valence-corrected chi connectivity index (χ4v) is 3.81. The van der Waals surface area contributed by atoms with Gasteiger partial charge in [-0.15, -0.1) is 0 Å². The third kappa shape index (κ3) is 2.37. The Hall–Kier alpha value is -0.940. The Bertz CT molecular complexity index is 424. The minimum absolute atomic E-state index is 0.0510. The Balaban J connectivity index is 1.55. The van der Waals surface area contributed by atoms with Crippen LogP contribution in [-0.2, 0) is 23.8 Å². The van der Waals surface area contributed by atoms with Crippen LogP contribution in [0.25, 0.3) is 0 Å². The maximum Gasteiger partial charge on any atom is 0.308 e. The number of ketones is 1. The van der Waals surface area contributed by atoms with Crippen LogP contribution in [0.2, 0.25) is 0 Å². The summed E-state index contributed by atoms with van der Waals surface area (Å²) in [5.41, 5.74) is 0. The molecular formula is C15H22O5. The van der Waals surface area contributed by atoms with Gasteiger partial charge in [-0.3, -0.25) is 9.59 Å². The SMILES string of the molecule is COC(=O)C1CC(C[C@H]2CC(=O)[C@@H]3OC(C)(C)O[C@H]23)C1. The van der Waals surface area contributed by atoms with Crippen LogP contribution in [0.4, 0.5) is 0 Å². The van der Waals surface area contributed by atoms with Gasteiger partial charge in [-0.2, -0.15) is 0 Å². The molecule has 1 aliphatic heterocycles. The summed E-state index contributed by atoms with van der Waals surface area (Å²) in [6.07, 6.45) is 2.75. The lowest BCUT2D eigenvalue weighted by molar-refractivity contribution is -0.164. The molecule has 3 aliphatic rings. The predicted octanol–water partition coefficient (Wildman–Crippen LogP) is 1.68. The highest BCUT2D eigenvalue weighted by molar-refractivity contribution is 5.87. The molecule has 3 atom stereocenters. The summed E-state index contributed by atoms with van der Waals surface area (Å²) in [5.74, 6) is 0.186. The van der Waals surface area contributed by atoms with Gasteiger partial charge in [0.05, 0.1) is 19.1 Å². The van der Waals surface area contributed by atoms with Crippen LogP contribution in [0.5, 0.6) is 0 Å². The topological polar surface area (TPSA) is 61.8 Å². The lowest BCUT2D eigenvalue weighted by atomic mass is 9.70. The van der Waals surface area contributed by atoms with E-state index < -0.39 is 5.79 Å². The molecule has 5 heteroatoms. The monoisotopic (exact) mass is 282 g/mol. The second-order valence-electron chi connectivity index (χ2n) is 6.74. The zero-order valence-electron chi connectivity index (χ0n) is 12.3. The zero-order chi connectivity index (χ0) is 14.5. The molecule has 2 saturated carbocycles. The quantitative estimate of drug-likeness (QED) is 0.737. The first-order chi connectivity index (χ1) is 9.39. The number of methoxy groups -OCH3 is 1. The molecule has 1 heterocycles. The molecular weight excluding hydrogens is 260 g/mol. The first kappa shape index (κ1) is 14.0. The van der Waals surface area contributed by atoms with E-state index in [9.17, 15) is 9.59 Å². The van der Waals surface area contributed by atoms with Crippen molar-refractivity contribution in [1.29, 1.82) is 0 Å². The molecule has 0 radical (unpaired) electrons. The van der Waals surface area contributed by atoms with Crippen molar-refractivity contribution in [1.82, 2.24) is 0 Å². The number of carbonyl (C=O) groups excluding carboxylic acids is 2. The molecule has 0 aromatic heterocycles. The van der Waals surface area contributed by atoms with Crippen molar-refractivity contribution < 1.29 is 23.8 Å². The zero-order valence-corrected chi connectivity index (χ0v) is 12.3. The van der Waals surface area contributed by atoms with Gasteiger partial charge in [0.15, 0.2) is 11.6 Å². The normalized spacial score (nSPS) is 42.1. The third-order valence-corrected chi connectivity index (χ3v) is 4.78. The molecule has 5 nitrogen and oxygen atoms in total. The van der Waals surface area contributed by atoms with Crippen LogP contribution in [0.15, 0.2) is 0 Å². The van der Waals surface area contributed by atoms with Gasteiger partial charge >= 0.3 is 5.97 Å². The van der Waals surface area contributed by atoms with Gasteiger partial charge < -0.3 is 14.2 Å². The Morgan fingerprint density at radius 3 is 2.70 bits per heavy atom. The summed E-state index contributed by atoms with van der Waals surface area (Å²) in [6, 6.07) is 0. The van der Waals surface area contributed by atoms with E-state index in [1.165, 1.54) is 7.11 Å². The molecule has 0 unspecified atom stereocenters. The Labute approximate surface area is 118 Å². The van der Waals surface area contributed by atoms with Crippen LogP contribution in [0, 0.1) is 17.8 Å². The summed E-state index contributed by atoms with van der Waals surface area (Å²) in [4.78, 5) is 23.4. The van der Waals surface area contributed by atoms with Gasteiger partial charge in [0.25, 0.3) is 0 Å². The fourth-order valence-electron chi connectivity index (χ4n) is 3.81. The first-order valence-corrected chi connectivity index (χ1v) is 7.36. The molecule has 1 saturated heterocycles. The minimum Gasteiger partial charge on any atom is -0.469 e. The number of ether oxygens (including phenoxy) is 3. The highest BCUT2D eigenvalue weighted by atomic mass is 16.8. The lowest BCUT2D eigenvalue weighted by Gasteiger charge is -2.35. The highest BCUT2D eigenvalue weighted by Gasteiger charge is 2.54. The molecule has 0 aromatic carbocycles. The van der Waals surface area contributed by atoms with Gasteiger partial charge in [0.2, 0.25) is 0 Å². The fraction of sp³-hybridized carbons (Fsp3) is 0.867. The number of hydrogen-bond donors (Lipinski definition) is 0. The number of Topliss-reactive ketones (excluding diaryl/α,β-unsaturated/α-hetero) is 1.